The van der Waals surface area contributed by atoms with Gasteiger partial charge in [-0.3, -0.25) is 28.6 Å². The van der Waals surface area contributed by atoms with E-state index >= 15 is 0 Å². The van der Waals surface area contributed by atoms with E-state index in [2.05, 4.69) is 21.8 Å². The highest BCUT2D eigenvalue weighted by Crippen LogP contribution is 2.45. The minimum Gasteiger partial charge on any atom is -0.480 e. The van der Waals surface area contributed by atoms with Gasteiger partial charge in [-0.2, -0.15) is 0 Å². The van der Waals surface area contributed by atoms with Gasteiger partial charge in [-0.1, -0.05) is 35.6 Å². The summed E-state index contributed by atoms with van der Waals surface area (Å²) in [6.07, 6.45) is 9.12. The second-order valence-corrected chi connectivity index (χ2v) is 17.1. The zero-order chi connectivity index (χ0) is 44.3. The number of methoxy groups -OCH3 is 1. The molecule has 0 N–H and O–H groups in total. The molecule has 16 heteroatoms. The van der Waals surface area contributed by atoms with Crippen LogP contribution in [0, 0.1) is 24.7 Å². The Morgan fingerprint density at radius 1 is 0.968 bits per heavy atom. The number of benzene rings is 1. The summed E-state index contributed by atoms with van der Waals surface area (Å²) in [6, 6.07) is 13.6. The van der Waals surface area contributed by atoms with Gasteiger partial charge in [0.2, 0.25) is 5.88 Å². The molecular formula is C47H47ClN10O5. The van der Waals surface area contributed by atoms with E-state index in [9.17, 15) is 19.2 Å². The third-order valence-corrected chi connectivity index (χ3v) is 12.4. The molecule has 1 atom stereocenters. The number of nitrogens with zero attached hydrogens (tertiary/aromatic N) is 10. The molecule has 4 amide bonds. The van der Waals surface area contributed by atoms with Gasteiger partial charge in [0.1, 0.15) is 23.4 Å². The molecule has 3 aliphatic heterocycles. The van der Waals surface area contributed by atoms with Crippen LogP contribution in [0.5, 0.6) is 5.88 Å². The van der Waals surface area contributed by atoms with Crippen LogP contribution in [0.4, 0.5) is 16.3 Å². The Morgan fingerprint density at radius 3 is 2.46 bits per heavy atom. The fraction of sp³-hybridized carbons (Fsp3) is 0.340. The highest BCUT2D eigenvalue weighted by atomic mass is 35.5. The molecule has 2 fully saturated rings. The van der Waals surface area contributed by atoms with Crippen molar-refractivity contribution in [2.75, 3.05) is 50.1 Å². The smallest absolute Gasteiger partial charge is 0.325 e. The summed E-state index contributed by atoms with van der Waals surface area (Å²) in [7, 11) is 4.98. The Morgan fingerprint density at radius 2 is 1.73 bits per heavy atom. The maximum absolute atomic E-state index is 14.6. The number of pyridine rings is 3. The number of fused-ring (bicyclic) bond motifs is 2. The molecule has 1 aromatic carbocycles. The van der Waals surface area contributed by atoms with E-state index in [0.717, 1.165) is 35.5 Å². The molecule has 2 saturated heterocycles. The standard InChI is InChI=1S/C47H47ClN10O5/c1-28(2)57-40-38(46(61)58(36-23-29(3)27-53(5)45(36)60)39(40)31-12-14-34(48)15-13-31)51-42(57)35-24-33(25-50-43(35)63-6)44(59)54-21-16-30(17-22-54)10-11-32-9-7-19-55-37(26-49-41(32)55)56-20-8-18-52(4)47(56)62/h7,9,12-15,19,23-28,30,39H,8,16-18,20-22H2,1-6H3/t39-/m0/s1. The maximum atomic E-state index is 14.6. The number of hydrogen-bond donors (Lipinski definition) is 0. The Balaban J connectivity index is 0.990. The molecule has 0 aliphatic carbocycles. The molecular weight excluding hydrogens is 820 g/mol. The van der Waals surface area contributed by atoms with Gasteiger partial charge in [-0.25, -0.2) is 19.7 Å². The van der Waals surface area contributed by atoms with Crippen LogP contribution in [0.1, 0.15) is 88.4 Å². The van der Waals surface area contributed by atoms with E-state index in [1.54, 1.807) is 53.5 Å². The second-order valence-electron chi connectivity index (χ2n) is 16.6. The van der Waals surface area contributed by atoms with Crippen LogP contribution in [0.3, 0.4) is 0 Å². The minimum absolute atomic E-state index is 0.0479. The van der Waals surface area contributed by atoms with Gasteiger partial charge in [0.15, 0.2) is 11.3 Å². The van der Waals surface area contributed by atoms with Crippen LogP contribution in [-0.2, 0) is 7.05 Å². The van der Waals surface area contributed by atoms with Gasteiger partial charge in [0.25, 0.3) is 17.4 Å². The van der Waals surface area contributed by atoms with E-state index in [1.807, 2.05) is 72.1 Å². The molecule has 0 spiro atoms. The molecule has 9 rings (SSSR count). The number of urea groups is 1. The number of aryl methyl sites for hydroxylation is 2. The van der Waals surface area contributed by atoms with Crippen molar-refractivity contribution in [3.8, 4) is 29.1 Å². The van der Waals surface area contributed by atoms with E-state index in [-0.39, 0.29) is 46.7 Å². The van der Waals surface area contributed by atoms with Crippen LogP contribution in [0.2, 0.25) is 5.02 Å². The first-order valence-electron chi connectivity index (χ1n) is 21.1. The molecule has 6 aromatic rings. The van der Waals surface area contributed by atoms with Gasteiger partial charge in [0, 0.05) is 75.8 Å². The summed E-state index contributed by atoms with van der Waals surface area (Å²) in [5, 5.41) is 0.535. The van der Waals surface area contributed by atoms with Crippen molar-refractivity contribution < 1.29 is 19.1 Å². The minimum atomic E-state index is -0.714. The van der Waals surface area contributed by atoms with Crippen molar-refractivity contribution in [3.05, 3.63) is 122 Å². The lowest BCUT2D eigenvalue weighted by atomic mass is 9.96. The summed E-state index contributed by atoms with van der Waals surface area (Å²) < 4.78 is 11.1. The van der Waals surface area contributed by atoms with Crippen molar-refractivity contribution in [3.63, 3.8) is 0 Å². The quantitative estimate of drug-likeness (QED) is 0.160. The summed E-state index contributed by atoms with van der Waals surface area (Å²) in [6.45, 7) is 8.23. The van der Waals surface area contributed by atoms with Crippen molar-refractivity contribution in [2.24, 2.45) is 13.0 Å². The largest absolute Gasteiger partial charge is 0.480 e. The average Bonchev–Trinajstić information content (AvgIpc) is 3.97. The third kappa shape index (κ3) is 7.27. The molecule has 0 saturated carbocycles. The number of hydrogen-bond acceptors (Lipinski definition) is 8. The monoisotopic (exact) mass is 866 g/mol. The number of aromatic nitrogens is 6. The molecule has 5 aromatic heterocycles. The highest BCUT2D eigenvalue weighted by Gasteiger charge is 2.46. The van der Waals surface area contributed by atoms with Gasteiger partial charge in [-0.15, -0.1) is 0 Å². The summed E-state index contributed by atoms with van der Waals surface area (Å²) >= 11 is 6.33. The Labute approximate surface area is 369 Å². The zero-order valence-electron chi connectivity index (χ0n) is 36.0. The first-order valence-corrected chi connectivity index (χ1v) is 21.4. The summed E-state index contributed by atoms with van der Waals surface area (Å²) in [5.41, 5.74) is 4.57. The van der Waals surface area contributed by atoms with Crippen LogP contribution in [-0.4, -0.2) is 96.5 Å². The van der Waals surface area contributed by atoms with Crippen molar-refractivity contribution in [1.29, 1.82) is 0 Å². The molecule has 8 heterocycles. The Hall–Kier alpha value is -6.92. The molecule has 0 radical (unpaired) electrons. The average molecular weight is 867 g/mol. The lowest BCUT2D eigenvalue weighted by Gasteiger charge is -2.32. The molecule has 0 bridgehead atoms. The van der Waals surface area contributed by atoms with E-state index in [4.69, 9.17) is 21.3 Å². The fourth-order valence-corrected chi connectivity index (χ4v) is 9.14. The first kappa shape index (κ1) is 41.4. The van der Waals surface area contributed by atoms with Gasteiger partial charge in [-0.05, 0) is 87.6 Å². The third-order valence-electron chi connectivity index (χ3n) is 12.1. The number of halogens is 1. The van der Waals surface area contributed by atoms with Crippen LogP contribution in [0.15, 0.2) is 78.1 Å². The fourth-order valence-electron chi connectivity index (χ4n) is 9.02. The second kappa shape index (κ2) is 16.4. The number of rotatable bonds is 7. The van der Waals surface area contributed by atoms with E-state index in [0.29, 0.717) is 65.8 Å². The molecule has 63 heavy (non-hydrogen) atoms. The lowest BCUT2D eigenvalue weighted by molar-refractivity contribution is 0.0707. The number of ether oxygens (including phenoxy) is 1. The topological polar surface area (TPSA) is 143 Å². The number of piperidine rings is 1. The van der Waals surface area contributed by atoms with Crippen LogP contribution >= 0.6 is 11.6 Å². The number of carbonyl (C=O) groups is 3. The predicted octanol–water partition coefficient (Wildman–Crippen LogP) is 6.76. The SMILES string of the molecule is COc1ncc(C(=O)N2CCC(C#Cc3cccn4c(N5CCCN(C)C5=O)cnc34)CC2)cc1-c1nc2c(n1C(C)C)[C@H](c1ccc(Cl)cc1)N(c1cc(C)cn(C)c1=O)C2=O. The van der Waals surface area contributed by atoms with Crippen LogP contribution in [0.25, 0.3) is 17.0 Å². The molecule has 3 aliphatic rings. The highest BCUT2D eigenvalue weighted by molar-refractivity contribution is 6.30. The van der Waals surface area contributed by atoms with Gasteiger partial charge >= 0.3 is 6.03 Å². The van der Waals surface area contributed by atoms with Crippen molar-refractivity contribution in [1.82, 2.24) is 38.3 Å². The first-order chi connectivity index (χ1) is 30.3. The van der Waals surface area contributed by atoms with Crippen molar-refractivity contribution >= 4 is 46.6 Å². The van der Waals surface area contributed by atoms with Gasteiger partial charge in [0.05, 0.1) is 35.7 Å². The maximum Gasteiger partial charge on any atom is 0.325 e. The lowest BCUT2D eigenvalue weighted by Crippen LogP contribution is -2.47. The predicted molar refractivity (Wildman–Crippen MR) is 240 cm³/mol. The summed E-state index contributed by atoms with van der Waals surface area (Å²) in [4.78, 5) is 76.3. The number of likely N-dealkylation sites (tertiary alicyclic amines) is 1. The normalized spacial score (nSPS) is 16.9. The van der Waals surface area contributed by atoms with E-state index < -0.39 is 11.9 Å². The number of anilines is 2. The number of imidazole rings is 2. The molecule has 322 valence electrons. The molecule has 0 unspecified atom stereocenters. The van der Waals surface area contributed by atoms with Crippen LogP contribution < -0.4 is 20.1 Å². The van der Waals surface area contributed by atoms with E-state index in [1.165, 1.54) is 22.8 Å². The summed E-state index contributed by atoms with van der Waals surface area (Å²) in [5.74, 6) is 7.63. The number of amides is 4. The Kier molecular flexibility index (Phi) is 10.8. The van der Waals surface area contributed by atoms with Gasteiger partial charge < -0.3 is 23.7 Å². The Bertz CT molecular complexity index is 2930. The number of carbonyl (C=O) groups excluding carboxylic acids is 3. The zero-order valence-corrected chi connectivity index (χ0v) is 36.8. The molecule has 15 nitrogen and oxygen atoms in total. The van der Waals surface area contributed by atoms with Crippen molar-refractivity contribution in [2.45, 2.75) is 52.1 Å².